The summed E-state index contributed by atoms with van der Waals surface area (Å²) >= 11 is 1.37. The number of hydrogen-bond acceptors (Lipinski definition) is 3. The zero-order chi connectivity index (χ0) is 14.4. The molecule has 1 N–H and O–H groups in total. The SMILES string of the molecule is O=CNCc1cc(F)ccc1Sc1ccccc1C=O. The molecule has 2 aromatic carbocycles. The number of carbonyl (C=O) groups excluding carboxylic acids is 2. The monoisotopic (exact) mass is 289 g/mol. The van der Waals surface area contributed by atoms with Gasteiger partial charge in [-0.1, -0.05) is 30.0 Å². The Morgan fingerprint density at radius 1 is 1.10 bits per heavy atom. The van der Waals surface area contributed by atoms with Crippen molar-refractivity contribution in [2.75, 3.05) is 0 Å². The van der Waals surface area contributed by atoms with Crippen LogP contribution in [0.2, 0.25) is 0 Å². The quantitative estimate of drug-likeness (QED) is 0.831. The molecule has 0 bridgehead atoms. The maximum atomic E-state index is 13.3. The fraction of sp³-hybridized carbons (Fsp3) is 0.0667. The predicted octanol–water partition coefficient (Wildman–Crippen LogP) is 3.04. The molecule has 2 aromatic rings. The minimum atomic E-state index is -0.360. The summed E-state index contributed by atoms with van der Waals surface area (Å²) in [5.74, 6) is -0.360. The van der Waals surface area contributed by atoms with Gasteiger partial charge in [-0.2, -0.15) is 0 Å². The van der Waals surface area contributed by atoms with E-state index in [9.17, 15) is 14.0 Å². The molecule has 0 unspecified atom stereocenters. The van der Waals surface area contributed by atoms with Gasteiger partial charge in [0.05, 0.1) is 0 Å². The fourth-order valence-corrected chi connectivity index (χ4v) is 2.74. The zero-order valence-corrected chi connectivity index (χ0v) is 11.3. The van der Waals surface area contributed by atoms with Gasteiger partial charge in [-0.25, -0.2) is 4.39 Å². The summed E-state index contributed by atoms with van der Waals surface area (Å²) in [5.41, 5.74) is 1.25. The van der Waals surface area contributed by atoms with Gasteiger partial charge < -0.3 is 5.32 Å². The molecular weight excluding hydrogens is 277 g/mol. The number of aldehydes is 1. The first kappa shape index (κ1) is 14.3. The highest BCUT2D eigenvalue weighted by molar-refractivity contribution is 7.99. The highest BCUT2D eigenvalue weighted by Crippen LogP contribution is 2.32. The standard InChI is InChI=1S/C15H12FNO2S/c16-13-5-6-15(12(7-13)8-17-10-19)20-14-4-2-1-3-11(14)9-18/h1-7,9-10H,8H2,(H,17,19). The number of carbonyl (C=O) groups is 2. The second kappa shape index (κ2) is 6.86. The van der Waals surface area contributed by atoms with E-state index < -0.39 is 0 Å². The van der Waals surface area contributed by atoms with Crippen LogP contribution >= 0.6 is 11.8 Å². The van der Waals surface area contributed by atoms with E-state index in [1.165, 1.54) is 23.9 Å². The molecule has 0 aliphatic rings. The maximum Gasteiger partial charge on any atom is 0.207 e. The number of nitrogens with one attached hydrogen (secondary N) is 1. The molecule has 0 fully saturated rings. The number of amides is 1. The third-order valence-electron chi connectivity index (χ3n) is 2.66. The van der Waals surface area contributed by atoms with E-state index in [2.05, 4.69) is 5.32 Å². The maximum absolute atomic E-state index is 13.3. The van der Waals surface area contributed by atoms with E-state index in [1.54, 1.807) is 18.2 Å². The first-order valence-corrected chi connectivity index (χ1v) is 6.73. The Bertz CT molecular complexity index is 631. The van der Waals surface area contributed by atoms with Crippen molar-refractivity contribution in [1.82, 2.24) is 5.32 Å². The molecule has 3 nitrogen and oxygen atoms in total. The van der Waals surface area contributed by atoms with Gasteiger partial charge in [-0.05, 0) is 29.8 Å². The van der Waals surface area contributed by atoms with Crippen LogP contribution in [0, 0.1) is 5.82 Å². The van der Waals surface area contributed by atoms with Crippen molar-refractivity contribution in [3.05, 3.63) is 59.4 Å². The lowest BCUT2D eigenvalue weighted by Gasteiger charge is -2.10. The summed E-state index contributed by atoms with van der Waals surface area (Å²) in [5, 5.41) is 2.52. The number of halogens is 1. The molecule has 1 amide bonds. The van der Waals surface area contributed by atoms with Crippen LogP contribution in [0.3, 0.4) is 0 Å². The van der Waals surface area contributed by atoms with Crippen molar-refractivity contribution in [3.63, 3.8) is 0 Å². The van der Waals surface area contributed by atoms with Crippen molar-refractivity contribution in [3.8, 4) is 0 Å². The summed E-state index contributed by atoms with van der Waals surface area (Å²) in [7, 11) is 0. The van der Waals surface area contributed by atoms with Crippen LogP contribution in [-0.4, -0.2) is 12.7 Å². The Kier molecular flexibility index (Phi) is 4.90. The van der Waals surface area contributed by atoms with Crippen molar-refractivity contribution in [2.45, 2.75) is 16.3 Å². The summed E-state index contributed by atoms with van der Waals surface area (Å²) in [6.45, 7) is 0.243. The number of benzene rings is 2. The predicted molar refractivity (Wildman–Crippen MR) is 75.3 cm³/mol. The molecule has 20 heavy (non-hydrogen) atoms. The van der Waals surface area contributed by atoms with E-state index in [0.29, 0.717) is 17.5 Å². The van der Waals surface area contributed by atoms with Gasteiger partial charge in [-0.15, -0.1) is 0 Å². The Labute approximate surface area is 120 Å². The minimum Gasteiger partial charge on any atom is -0.355 e. The molecule has 0 aromatic heterocycles. The van der Waals surface area contributed by atoms with E-state index in [-0.39, 0.29) is 12.4 Å². The van der Waals surface area contributed by atoms with Crippen molar-refractivity contribution < 1.29 is 14.0 Å². The average Bonchev–Trinajstić information content (AvgIpc) is 2.48. The van der Waals surface area contributed by atoms with Gasteiger partial charge in [0.2, 0.25) is 6.41 Å². The molecule has 0 heterocycles. The Morgan fingerprint density at radius 3 is 2.65 bits per heavy atom. The lowest BCUT2D eigenvalue weighted by atomic mass is 10.2. The third kappa shape index (κ3) is 3.45. The van der Waals surface area contributed by atoms with Crippen LogP contribution in [0.4, 0.5) is 4.39 Å². The molecule has 0 aliphatic heterocycles. The third-order valence-corrected chi connectivity index (χ3v) is 3.87. The van der Waals surface area contributed by atoms with E-state index in [4.69, 9.17) is 0 Å². The Hall–Kier alpha value is -2.14. The van der Waals surface area contributed by atoms with Gasteiger partial charge in [0.1, 0.15) is 5.82 Å². The molecule has 0 spiro atoms. The molecule has 2 rings (SSSR count). The Morgan fingerprint density at radius 2 is 1.90 bits per heavy atom. The van der Waals surface area contributed by atoms with Crippen molar-refractivity contribution in [1.29, 1.82) is 0 Å². The molecular formula is C15H12FNO2S. The van der Waals surface area contributed by atoms with E-state index in [0.717, 1.165) is 16.1 Å². The van der Waals surface area contributed by atoms with Crippen LogP contribution in [-0.2, 0) is 11.3 Å². The molecule has 0 atom stereocenters. The highest BCUT2D eigenvalue weighted by atomic mass is 32.2. The molecule has 0 aliphatic carbocycles. The van der Waals surface area contributed by atoms with Crippen LogP contribution in [0.15, 0.2) is 52.3 Å². The number of hydrogen-bond donors (Lipinski definition) is 1. The first-order valence-electron chi connectivity index (χ1n) is 5.92. The van der Waals surface area contributed by atoms with Crippen LogP contribution in [0.1, 0.15) is 15.9 Å². The normalized spacial score (nSPS) is 10.1. The number of rotatable bonds is 6. The van der Waals surface area contributed by atoms with Gasteiger partial charge in [0.15, 0.2) is 6.29 Å². The summed E-state index contributed by atoms with van der Waals surface area (Å²) < 4.78 is 13.3. The van der Waals surface area contributed by atoms with Crippen LogP contribution < -0.4 is 5.32 Å². The zero-order valence-electron chi connectivity index (χ0n) is 10.5. The molecule has 102 valence electrons. The Balaban J connectivity index is 2.32. The summed E-state index contributed by atoms with van der Waals surface area (Å²) in [6.07, 6.45) is 1.36. The first-order chi connectivity index (χ1) is 9.74. The minimum absolute atomic E-state index is 0.243. The molecule has 5 heteroatoms. The van der Waals surface area contributed by atoms with Crippen molar-refractivity contribution in [2.24, 2.45) is 0 Å². The molecule has 0 radical (unpaired) electrons. The second-order valence-corrected chi connectivity index (χ2v) is 5.09. The fourth-order valence-electron chi connectivity index (χ4n) is 1.73. The summed E-state index contributed by atoms with van der Waals surface area (Å²) in [6, 6.07) is 11.6. The van der Waals surface area contributed by atoms with Gasteiger partial charge in [0, 0.05) is 21.9 Å². The van der Waals surface area contributed by atoms with Crippen LogP contribution in [0.5, 0.6) is 0 Å². The van der Waals surface area contributed by atoms with E-state index >= 15 is 0 Å². The van der Waals surface area contributed by atoms with Gasteiger partial charge in [0.25, 0.3) is 0 Å². The lowest BCUT2D eigenvalue weighted by molar-refractivity contribution is -0.109. The topological polar surface area (TPSA) is 46.2 Å². The summed E-state index contributed by atoms with van der Waals surface area (Å²) in [4.78, 5) is 23.0. The van der Waals surface area contributed by atoms with Crippen LogP contribution in [0.25, 0.3) is 0 Å². The average molecular weight is 289 g/mol. The van der Waals surface area contributed by atoms with E-state index in [1.807, 2.05) is 12.1 Å². The second-order valence-electron chi connectivity index (χ2n) is 4.01. The highest BCUT2D eigenvalue weighted by Gasteiger charge is 2.08. The lowest BCUT2D eigenvalue weighted by Crippen LogP contribution is -2.10. The van der Waals surface area contributed by atoms with Crippen molar-refractivity contribution >= 4 is 24.5 Å². The largest absolute Gasteiger partial charge is 0.355 e. The van der Waals surface area contributed by atoms with Gasteiger partial charge >= 0.3 is 0 Å². The van der Waals surface area contributed by atoms with Gasteiger partial charge in [-0.3, -0.25) is 9.59 Å². The smallest absolute Gasteiger partial charge is 0.207 e. The molecule has 0 saturated carbocycles. The molecule has 0 saturated heterocycles.